The number of carbonyl (C=O) groups is 2. The number of allylic oxidation sites excluding steroid dienone is 1. The molecule has 5 heteroatoms. The first-order valence-electron chi connectivity index (χ1n) is 5.34. The summed E-state index contributed by atoms with van der Waals surface area (Å²) in [5, 5.41) is 9.37. The molecular formula is C13H14ClNO3. The Labute approximate surface area is 110 Å². The van der Waals surface area contributed by atoms with Gasteiger partial charge in [0.05, 0.1) is 0 Å². The van der Waals surface area contributed by atoms with E-state index in [0.29, 0.717) is 10.7 Å². The molecule has 0 aliphatic rings. The molecule has 1 aromatic rings. The second-order valence-electron chi connectivity index (χ2n) is 4.02. The fourth-order valence-electron chi connectivity index (χ4n) is 1.38. The van der Waals surface area contributed by atoms with Crippen LogP contribution in [0.5, 0.6) is 0 Å². The third-order valence-corrected chi connectivity index (χ3v) is 2.36. The number of carbonyl (C=O) groups excluding carboxylic acids is 1. The van der Waals surface area contributed by atoms with Crippen molar-refractivity contribution in [3.05, 3.63) is 40.9 Å². The number of hydrogen-bond acceptors (Lipinski definition) is 2. The molecule has 4 nitrogen and oxygen atoms in total. The standard InChI is InChI=1S/C13H14ClNO3/c1-9(2)7-12(16)15(8-13(17)18)11-5-3-10(14)4-6-11/h3-7H,8H2,1-2H3,(H,17,18). The molecule has 0 unspecified atom stereocenters. The van der Waals surface area contributed by atoms with E-state index in [0.717, 1.165) is 5.57 Å². The Kier molecular flexibility index (Phi) is 4.92. The Morgan fingerprint density at radius 2 is 1.83 bits per heavy atom. The number of halogens is 1. The van der Waals surface area contributed by atoms with E-state index < -0.39 is 5.97 Å². The first kappa shape index (κ1) is 14.3. The van der Waals surface area contributed by atoms with Gasteiger partial charge in [0.1, 0.15) is 6.54 Å². The molecule has 0 spiro atoms. The molecule has 0 heterocycles. The van der Waals surface area contributed by atoms with Gasteiger partial charge < -0.3 is 5.11 Å². The number of anilines is 1. The van der Waals surface area contributed by atoms with Crippen LogP contribution in [0.15, 0.2) is 35.9 Å². The van der Waals surface area contributed by atoms with Crippen molar-refractivity contribution >= 4 is 29.2 Å². The third kappa shape index (κ3) is 4.22. The summed E-state index contributed by atoms with van der Waals surface area (Å²) >= 11 is 5.75. The zero-order valence-electron chi connectivity index (χ0n) is 10.2. The lowest BCUT2D eigenvalue weighted by molar-refractivity contribution is -0.136. The molecule has 0 atom stereocenters. The van der Waals surface area contributed by atoms with Gasteiger partial charge in [0.15, 0.2) is 0 Å². The van der Waals surface area contributed by atoms with Crippen molar-refractivity contribution in [2.24, 2.45) is 0 Å². The van der Waals surface area contributed by atoms with Crippen LogP contribution in [0.4, 0.5) is 5.69 Å². The minimum Gasteiger partial charge on any atom is -0.480 e. The summed E-state index contributed by atoms with van der Waals surface area (Å²) in [4.78, 5) is 23.9. The minimum absolute atomic E-state index is 0.361. The fourth-order valence-corrected chi connectivity index (χ4v) is 1.50. The van der Waals surface area contributed by atoms with Gasteiger partial charge in [0.2, 0.25) is 0 Å². The maximum absolute atomic E-state index is 11.9. The molecule has 0 aliphatic carbocycles. The van der Waals surface area contributed by atoms with Gasteiger partial charge in [-0.2, -0.15) is 0 Å². The number of hydrogen-bond donors (Lipinski definition) is 1. The topological polar surface area (TPSA) is 57.6 Å². The molecule has 0 saturated heterocycles. The highest BCUT2D eigenvalue weighted by Gasteiger charge is 2.16. The van der Waals surface area contributed by atoms with Crippen LogP contribution in [0, 0.1) is 0 Å². The number of aliphatic carboxylic acids is 1. The van der Waals surface area contributed by atoms with Crippen LogP contribution in [-0.2, 0) is 9.59 Å². The summed E-state index contributed by atoms with van der Waals surface area (Å²) in [5.41, 5.74) is 1.31. The molecule has 0 bridgehead atoms. The van der Waals surface area contributed by atoms with Crippen LogP contribution < -0.4 is 4.90 Å². The molecule has 0 aromatic heterocycles. The molecule has 0 radical (unpaired) electrons. The number of carboxylic acid groups (broad SMARTS) is 1. The van der Waals surface area contributed by atoms with Gasteiger partial charge in [0.25, 0.3) is 5.91 Å². The lowest BCUT2D eigenvalue weighted by Crippen LogP contribution is -2.34. The number of nitrogens with zero attached hydrogens (tertiary/aromatic N) is 1. The van der Waals surface area contributed by atoms with Gasteiger partial charge in [-0.1, -0.05) is 17.2 Å². The number of carboxylic acids is 1. The van der Waals surface area contributed by atoms with Gasteiger partial charge in [-0.25, -0.2) is 0 Å². The van der Waals surface area contributed by atoms with E-state index in [1.54, 1.807) is 38.1 Å². The van der Waals surface area contributed by atoms with E-state index >= 15 is 0 Å². The second-order valence-corrected chi connectivity index (χ2v) is 4.45. The molecule has 96 valence electrons. The monoisotopic (exact) mass is 267 g/mol. The third-order valence-electron chi connectivity index (χ3n) is 2.11. The Morgan fingerprint density at radius 3 is 2.28 bits per heavy atom. The van der Waals surface area contributed by atoms with Gasteiger partial charge in [0, 0.05) is 16.8 Å². The first-order valence-corrected chi connectivity index (χ1v) is 5.71. The molecule has 1 aromatic carbocycles. The van der Waals surface area contributed by atoms with Crippen molar-refractivity contribution in [3.8, 4) is 0 Å². The predicted octanol–water partition coefficient (Wildman–Crippen LogP) is 2.72. The van der Waals surface area contributed by atoms with E-state index in [1.165, 1.54) is 11.0 Å². The van der Waals surface area contributed by atoms with Gasteiger partial charge >= 0.3 is 5.97 Å². The van der Waals surface area contributed by atoms with Gasteiger partial charge in [-0.3, -0.25) is 14.5 Å². The van der Waals surface area contributed by atoms with Crippen LogP contribution in [-0.4, -0.2) is 23.5 Å². The van der Waals surface area contributed by atoms with Gasteiger partial charge in [-0.15, -0.1) is 0 Å². The Balaban J connectivity index is 3.05. The van der Waals surface area contributed by atoms with Gasteiger partial charge in [-0.05, 0) is 38.1 Å². The highest BCUT2D eigenvalue weighted by molar-refractivity contribution is 6.30. The van der Waals surface area contributed by atoms with E-state index in [4.69, 9.17) is 16.7 Å². The average Bonchev–Trinajstić information content (AvgIpc) is 2.26. The Bertz CT molecular complexity index is 476. The van der Waals surface area contributed by atoms with Crippen molar-refractivity contribution in [2.75, 3.05) is 11.4 Å². The summed E-state index contributed by atoms with van der Waals surface area (Å²) in [5.74, 6) is -1.43. The molecule has 0 saturated carbocycles. The highest BCUT2D eigenvalue weighted by atomic mass is 35.5. The van der Waals surface area contributed by atoms with Crippen molar-refractivity contribution in [1.29, 1.82) is 0 Å². The second kappa shape index (κ2) is 6.21. The Hall–Kier alpha value is -1.81. The maximum atomic E-state index is 11.9. The lowest BCUT2D eigenvalue weighted by atomic mass is 10.2. The summed E-state index contributed by atoms with van der Waals surface area (Å²) < 4.78 is 0. The maximum Gasteiger partial charge on any atom is 0.323 e. The first-order chi connectivity index (χ1) is 8.40. The van der Waals surface area contributed by atoms with Crippen molar-refractivity contribution in [1.82, 2.24) is 0 Å². The van der Waals surface area contributed by atoms with E-state index in [2.05, 4.69) is 0 Å². The van der Waals surface area contributed by atoms with Crippen molar-refractivity contribution in [3.63, 3.8) is 0 Å². The number of amides is 1. The molecule has 0 aliphatic heterocycles. The predicted molar refractivity (Wildman–Crippen MR) is 70.9 cm³/mol. The molecule has 1 amide bonds. The highest BCUT2D eigenvalue weighted by Crippen LogP contribution is 2.18. The van der Waals surface area contributed by atoms with Crippen LogP contribution in [0.2, 0.25) is 5.02 Å². The van der Waals surface area contributed by atoms with E-state index in [-0.39, 0.29) is 12.5 Å². The van der Waals surface area contributed by atoms with E-state index in [9.17, 15) is 9.59 Å². The number of rotatable bonds is 4. The molecule has 1 N–H and O–H groups in total. The number of benzene rings is 1. The Morgan fingerprint density at radius 1 is 1.28 bits per heavy atom. The largest absolute Gasteiger partial charge is 0.480 e. The summed E-state index contributed by atoms with van der Waals surface area (Å²) in [6.45, 7) is 3.17. The zero-order chi connectivity index (χ0) is 13.7. The molecule has 0 fully saturated rings. The fraction of sp³-hybridized carbons (Fsp3) is 0.231. The van der Waals surface area contributed by atoms with Crippen LogP contribution in [0.3, 0.4) is 0 Å². The van der Waals surface area contributed by atoms with E-state index in [1.807, 2.05) is 0 Å². The molecule has 1 rings (SSSR count). The van der Waals surface area contributed by atoms with Crippen LogP contribution in [0.25, 0.3) is 0 Å². The summed E-state index contributed by atoms with van der Waals surface area (Å²) in [7, 11) is 0. The molecular weight excluding hydrogens is 254 g/mol. The summed E-state index contributed by atoms with van der Waals surface area (Å²) in [6.07, 6.45) is 1.40. The average molecular weight is 268 g/mol. The quantitative estimate of drug-likeness (QED) is 0.854. The van der Waals surface area contributed by atoms with Crippen LogP contribution in [0.1, 0.15) is 13.8 Å². The zero-order valence-corrected chi connectivity index (χ0v) is 10.9. The van der Waals surface area contributed by atoms with Crippen molar-refractivity contribution in [2.45, 2.75) is 13.8 Å². The van der Waals surface area contributed by atoms with Crippen molar-refractivity contribution < 1.29 is 14.7 Å². The smallest absolute Gasteiger partial charge is 0.323 e. The molecule has 18 heavy (non-hydrogen) atoms. The van der Waals surface area contributed by atoms with Crippen LogP contribution >= 0.6 is 11.6 Å². The SMILES string of the molecule is CC(C)=CC(=O)N(CC(=O)O)c1ccc(Cl)cc1. The minimum atomic E-state index is -1.07. The lowest BCUT2D eigenvalue weighted by Gasteiger charge is -2.19. The normalized spacial score (nSPS) is 9.72. The summed E-state index contributed by atoms with van der Waals surface area (Å²) in [6, 6.07) is 6.45.